The number of phenolic OH excluding ortho intramolecular Hbond substituents is 1. The summed E-state index contributed by atoms with van der Waals surface area (Å²) in [6.45, 7) is 7.75. The lowest BCUT2D eigenvalue weighted by atomic mass is 9.77. The van der Waals surface area contributed by atoms with Gasteiger partial charge in [-0.2, -0.15) is 5.10 Å². The lowest BCUT2D eigenvalue weighted by Crippen LogP contribution is -2.41. The number of nitrogens with zero attached hydrogens (tertiary/aromatic N) is 1. The second-order valence-electron chi connectivity index (χ2n) is 6.14. The highest BCUT2D eigenvalue weighted by Crippen LogP contribution is 2.37. The summed E-state index contributed by atoms with van der Waals surface area (Å²) in [5.74, 6) is 0.0681. The Kier molecular flexibility index (Phi) is 4.17. The van der Waals surface area contributed by atoms with Gasteiger partial charge in [0, 0.05) is 5.46 Å². The predicted octanol–water partition coefficient (Wildman–Crippen LogP) is 0.694. The number of urea groups is 1. The van der Waals surface area contributed by atoms with Gasteiger partial charge in [-0.05, 0) is 51.5 Å². The highest BCUT2D eigenvalue weighted by atomic mass is 16.7. The van der Waals surface area contributed by atoms with Crippen LogP contribution in [0.1, 0.15) is 33.3 Å². The van der Waals surface area contributed by atoms with Crippen molar-refractivity contribution in [3.8, 4) is 5.75 Å². The number of primary amides is 1. The second-order valence-corrected chi connectivity index (χ2v) is 6.14. The Bertz CT molecular complexity index is 600. The third kappa shape index (κ3) is 3.23. The Morgan fingerprint density at radius 2 is 1.91 bits per heavy atom. The van der Waals surface area contributed by atoms with Crippen LogP contribution >= 0.6 is 0 Å². The number of phenols is 1. The van der Waals surface area contributed by atoms with Crippen LogP contribution in [0.4, 0.5) is 4.79 Å². The molecule has 4 N–H and O–H groups in total. The molecule has 0 radical (unpaired) electrons. The summed E-state index contributed by atoms with van der Waals surface area (Å²) in [4.78, 5) is 10.6. The quantitative estimate of drug-likeness (QED) is 0.434. The monoisotopic (exact) mass is 305 g/mol. The van der Waals surface area contributed by atoms with Crippen LogP contribution < -0.4 is 16.6 Å². The van der Waals surface area contributed by atoms with Gasteiger partial charge in [-0.1, -0.05) is 0 Å². The summed E-state index contributed by atoms with van der Waals surface area (Å²) >= 11 is 0. The number of carbonyl (C=O) groups excluding carboxylic acids is 1. The maximum atomic E-state index is 10.6. The molecule has 1 aliphatic rings. The third-order valence-corrected chi connectivity index (χ3v) is 3.95. The van der Waals surface area contributed by atoms with E-state index in [0.717, 1.165) is 0 Å². The van der Waals surface area contributed by atoms with Crippen LogP contribution in [0.2, 0.25) is 0 Å². The highest BCUT2D eigenvalue weighted by molar-refractivity contribution is 6.63. The smallest absolute Gasteiger partial charge is 0.498 e. The average Bonchev–Trinajstić information content (AvgIpc) is 2.60. The van der Waals surface area contributed by atoms with Crippen molar-refractivity contribution >= 4 is 24.8 Å². The molecule has 1 aromatic rings. The predicted molar refractivity (Wildman–Crippen MR) is 84.1 cm³/mol. The van der Waals surface area contributed by atoms with Gasteiger partial charge < -0.3 is 20.1 Å². The molecule has 2 amide bonds. The lowest BCUT2D eigenvalue weighted by Gasteiger charge is -2.32. The first-order valence-electron chi connectivity index (χ1n) is 6.89. The molecule has 0 aromatic heterocycles. The summed E-state index contributed by atoms with van der Waals surface area (Å²) < 4.78 is 11.8. The molecule has 0 saturated carbocycles. The number of nitrogens with two attached hydrogens (primary N) is 1. The normalized spacial score (nSPS) is 19.5. The van der Waals surface area contributed by atoms with Gasteiger partial charge in [0.15, 0.2) is 0 Å². The Hall–Kier alpha value is -2.06. The van der Waals surface area contributed by atoms with Crippen LogP contribution in [0, 0.1) is 0 Å². The number of hydrogen-bond donors (Lipinski definition) is 3. The van der Waals surface area contributed by atoms with E-state index in [0.29, 0.717) is 11.0 Å². The van der Waals surface area contributed by atoms with Crippen molar-refractivity contribution in [1.82, 2.24) is 5.43 Å². The van der Waals surface area contributed by atoms with E-state index < -0.39 is 24.4 Å². The van der Waals surface area contributed by atoms with Gasteiger partial charge in [-0.15, -0.1) is 0 Å². The lowest BCUT2D eigenvalue weighted by molar-refractivity contribution is 0.00578. The summed E-state index contributed by atoms with van der Waals surface area (Å²) in [7, 11) is -0.678. The van der Waals surface area contributed by atoms with Crippen molar-refractivity contribution in [2.24, 2.45) is 10.8 Å². The Labute approximate surface area is 129 Å². The first-order valence-corrected chi connectivity index (χ1v) is 6.89. The maximum Gasteiger partial charge on any atom is 0.498 e. The van der Waals surface area contributed by atoms with E-state index in [1.165, 1.54) is 12.3 Å². The summed E-state index contributed by atoms with van der Waals surface area (Å²) in [5, 5.41) is 13.7. The van der Waals surface area contributed by atoms with Crippen LogP contribution in [-0.4, -0.2) is 35.7 Å². The molecule has 1 heterocycles. The molecule has 0 unspecified atom stereocenters. The van der Waals surface area contributed by atoms with E-state index in [1.807, 2.05) is 27.7 Å². The molecule has 0 aliphatic carbocycles. The molecule has 22 heavy (non-hydrogen) atoms. The molecule has 8 heteroatoms. The molecule has 0 spiro atoms. The minimum Gasteiger partial charge on any atom is -0.508 e. The molecule has 7 nitrogen and oxygen atoms in total. The Balaban J connectivity index is 2.25. The molecule has 1 aromatic carbocycles. The number of carbonyl (C=O) groups is 1. The van der Waals surface area contributed by atoms with Crippen LogP contribution in [0.3, 0.4) is 0 Å². The van der Waals surface area contributed by atoms with Crippen molar-refractivity contribution in [1.29, 1.82) is 0 Å². The van der Waals surface area contributed by atoms with Gasteiger partial charge in [-0.3, -0.25) is 0 Å². The van der Waals surface area contributed by atoms with E-state index in [1.54, 1.807) is 12.1 Å². The van der Waals surface area contributed by atoms with Gasteiger partial charge in [0.25, 0.3) is 0 Å². The molecule has 1 fully saturated rings. The Morgan fingerprint density at radius 1 is 1.32 bits per heavy atom. The van der Waals surface area contributed by atoms with E-state index >= 15 is 0 Å². The molecule has 0 bridgehead atoms. The van der Waals surface area contributed by atoms with Gasteiger partial charge in [-0.25, -0.2) is 10.2 Å². The number of nitrogens with one attached hydrogen (secondary N) is 1. The topological polar surface area (TPSA) is 106 Å². The minimum atomic E-state index is -0.749. The standard InChI is InChI=1S/C14H20BN3O4/c1-13(2)14(3,4)22-15(21-13)10-7-9(5-6-11(10)19)8-17-18-12(16)20/h5-8,19H,1-4H3,(H3,16,18,20). The van der Waals surface area contributed by atoms with Crippen molar-refractivity contribution < 1.29 is 19.2 Å². The molecule has 1 saturated heterocycles. The zero-order valence-electron chi connectivity index (χ0n) is 13.1. The van der Waals surface area contributed by atoms with Gasteiger partial charge in [0.2, 0.25) is 0 Å². The number of benzene rings is 1. The second kappa shape index (κ2) is 5.62. The first-order chi connectivity index (χ1) is 10.1. The van der Waals surface area contributed by atoms with Crippen LogP contribution in [0.5, 0.6) is 5.75 Å². The van der Waals surface area contributed by atoms with E-state index in [-0.39, 0.29) is 5.75 Å². The number of hydrogen-bond acceptors (Lipinski definition) is 5. The fraction of sp³-hybridized carbons (Fsp3) is 0.429. The average molecular weight is 305 g/mol. The molecule has 0 atom stereocenters. The zero-order chi connectivity index (χ0) is 16.5. The first kappa shape index (κ1) is 16.3. The summed E-state index contributed by atoms with van der Waals surface area (Å²) in [5.41, 5.74) is 7.20. The minimum absolute atomic E-state index is 0.0681. The summed E-state index contributed by atoms with van der Waals surface area (Å²) in [6, 6.07) is 4.10. The van der Waals surface area contributed by atoms with Crippen molar-refractivity contribution in [3.05, 3.63) is 23.8 Å². The molecular formula is C14H20BN3O4. The molecule has 118 valence electrons. The van der Waals surface area contributed by atoms with E-state index in [9.17, 15) is 9.90 Å². The molecule has 1 aliphatic heterocycles. The fourth-order valence-corrected chi connectivity index (χ4v) is 1.98. The van der Waals surface area contributed by atoms with Gasteiger partial charge >= 0.3 is 13.1 Å². The fourth-order valence-electron chi connectivity index (χ4n) is 1.98. The molecular weight excluding hydrogens is 285 g/mol. The van der Waals surface area contributed by atoms with Crippen molar-refractivity contribution in [3.63, 3.8) is 0 Å². The van der Waals surface area contributed by atoms with Crippen LogP contribution in [-0.2, 0) is 9.31 Å². The maximum absolute atomic E-state index is 10.6. The number of aromatic hydroxyl groups is 1. The van der Waals surface area contributed by atoms with Crippen molar-refractivity contribution in [2.75, 3.05) is 0 Å². The third-order valence-electron chi connectivity index (χ3n) is 3.95. The van der Waals surface area contributed by atoms with Crippen molar-refractivity contribution in [2.45, 2.75) is 38.9 Å². The highest BCUT2D eigenvalue weighted by Gasteiger charge is 2.52. The van der Waals surface area contributed by atoms with Crippen LogP contribution in [0.15, 0.2) is 23.3 Å². The van der Waals surface area contributed by atoms with Crippen LogP contribution in [0.25, 0.3) is 0 Å². The van der Waals surface area contributed by atoms with Gasteiger partial charge in [0.1, 0.15) is 5.75 Å². The molecule has 2 rings (SSSR count). The largest absolute Gasteiger partial charge is 0.508 e. The zero-order valence-corrected chi connectivity index (χ0v) is 13.1. The Morgan fingerprint density at radius 3 is 2.45 bits per heavy atom. The SMILES string of the molecule is CC1(C)OB(c2cc(C=NNC(N)=O)ccc2O)OC1(C)C. The number of hydrazone groups is 1. The van der Waals surface area contributed by atoms with Gasteiger partial charge in [0.05, 0.1) is 17.4 Å². The number of rotatable bonds is 3. The summed E-state index contributed by atoms with van der Waals surface area (Å²) in [6.07, 6.45) is 1.42. The number of amides is 2. The van der Waals surface area contributed by atoms with E-state index in [4.69, 9.17) is 15.0 Å². The van der Waals surface area contributed by atoms with E-state index in [2.05, 4.69) is 10.5 Å².